The first-order valence-electron chi connectivity index (χ1n) is 10.9. The van der Waals surface area contributed by atoms with Crippen molar-refractivity contribution < 1.29 is 24.8 Å². The van der Waals surface area contributed by atoms with E-state index in [0.717, 1.165) is 33.8 Å². The monoisotopic (exact) mass is 633 g/mol. The van der Waals surface area contributed by atoms with Crippen molar-refractivity contribution in [3.8, 4) is 39.4 Å². The van der Waals surface area contributed by atoms with Gasteiger partial charge in [0, 0.05) is 38.2 Å². The molecule has 0 aliphatic rings. The molecule has 0 N–H and O–H groups in total. The number of methoxy groups -OCH3 is 1. The minimum atomic E-state index is 0. The van der Waals surface area contributed by atoms with Gasteiger partial charge in [-0.15, -0.1) is 65.2 Å². The zero-order valence-corrected chi connectivity index (χ0v) is 21.7. The Labute approximate surface area is 220 Å². The van der Waals surface area contributed by atoms with E-state index in [1.165, 1.54) is 11.1 Å². The smallest absolute Gasteiger partial charge is 0.0751 e. The van der Waals surface area contributed by atoms with Crippen LogP contribution in [0.5, 0.6) is 5.75 Å². The second kappa shape index (κ2) is 13.1. The minimum Gasteiger partial charge on any atom is -0.516 e. The quantitative estimate of drug-likeness (QED) is 0.189. The Hall–Kier alpha value is -3.85. The first kappa shape index (κ1) is 25.8. The molecule has 0 amide bonds. The summed E-state index contributed by atoms with van der Waals surface area (Å²) in [6, 6.07) is 38.2. The standard InChI is InChI=1S/C19H14N.C12H10NO.Ir/c1-2-15-9-11-16(12-10-15)17-6-5-7-18(14-17)19-8-3-4-13-20-19;1-14-11-6-4-5-10(9-11)12-7-2-3-8-13-12;/h2-6,8-14H,1H2;2-4,6-9H,1H3;/q2*-1;. The molecule has 2 heterocycles. The molecule has 1 radical (unpaired) electrons. The molecule has 3 nitrogen and oxygen atoms in total. The van der Waals surface area contributed by atoms with Gasteiger partial charge in [-0.3, -0.25) is 0 Å². The number of nitrogens with zero attached hydrogens (tertiary/aromatic N) is 2. The number of hydrogen-bond donors (Lipinski definition) is 0. The summed E-state index contributed by atoms with van der Waals surface area (Å²) in [5.74, 6) is 0.824. The van der Waals surface area contributed by atoms with E-state index in [2.05, 4.69) is 65.1 Å². The van der Waals surface area contributed by atoms with Gasteiger partial charge in [-0.05, 0) is 34.6 Å². The van der Waals surface area contributed by atoms with Crippen LogP contribution in [0.15, 0.2) is 116 Å². The average Bonchev–Trinajstić information content (AvgIpc) is 2.94. The molecule has 0 saturated heterocycles. The van der Waals surface area contributed by atoms with E-state index in [0.29, 0.717) is 0 Å². The molecule has 0 aliphatic heterocycles. The van der Waals surface area contributed by atoms with Crippen molar-refractivity contribution in [1.29, 1.82) is 0 Å². The van der Waals surface area contributed by atoms with Crippen molar-refractivity contribution in [3.63, 3.8) is 0 Å². The third-order valence-electron chi connectivity index (χ3n) is 5.17. The van der Waals surface area contributed by atoms with Crippen LogP contribution in [0.2, 0.25) is 0 Å². The van der Waals surface area contributed by atoms with Gasteiger partial charge >= 0.3 is 0 Å². The Morgan fingerprint density at radius 1 is 0.714 bits per heavy atom. The Morgan fingerprint density at radius 3 is 1.86 bits per heavy atom. The van der Waals surface area contributed by atoms with Crippen LogP contribution in [0.25, 0.3) is 39.7 Å². The van der Waals surface area contributed by atoms with Gasteiger partial charge in [-0.25, -0.2) is 0 Å². The van der Waals surface area contributed by atoms with E-state index in [-0.39, 0.29) is 20.1 Å². The van der Waals surface area contributed by atoms with Crippen molar-refractivity contribution in [2.75, 3.05) is 7.11 Å². The summed E-state index contributed by atoms with van der Waals surface area (Å²) in [5.41, 5.74) is 7.28. The van der Waals surface area contributed by atoms with Gasteiger partial charge < -0.3 is 14.7 Å². The van der Waals surface area contributed by atoms with Gasteiger partial charge in [0.05, 0.1) is 7.11 Å². The molecule has 0 saturated carbocycles. The third kappa shape index (κ3) is 7.07. The fourth-order valence-corrected chi connectivity index (χ4v) is 3.37. The summed E-state index contributed by atoms with van der Waals surface area (Å²) in [5, 5.41) is 0. The van der Waals surface area contributed by atoms with Crippen LogP contribution >= 0.6 is 0 Å². The minimum absolute atomic E-state index is 0. The molecule has 0 spiro atoms. The molecular weight excluding hydrogens is 609 g/mol. The molecule has 0 aliphatic carbocycles. The summed E-state index contributed by atoms with van der Waals surface area (Å²) in [7, 11) is 1.65. The van der Waals surface area contributed by atoms with Crippen molar-refractivity contribution in [1.82, 2.24) is 9.97 Å². The number of rotatable bonds is 5. The van der Waals surface area contributed by atoms with Crippen LogP contribution in [0.4, 0.5) is 0 Å². The number of aromatic nitrogens is 2. The summed E-state index contributed by atoms with van der Waals surface area (Å²) in [4.78, 5) is 8.60. The Bertz CT molecular complexity index is 1340. The first-order valence-corrected chi connectivity index (χ1v) is 10.9. The molecule has 5 aromatic rings. The van der Waals surface area contributed by atoms with Gasteiger partial charge in [-0.1, -0.05) is 61.2 Å². The number of benzene rings is 3. The van der Waals surface area contributed by atoms with E-state index in [1.807, 2.05) is 66.7 Å². The molecule has 0 fully saturated rings. The molecule has 0 unspecified atom stereocenters. The predicted octanol–water partition coefficient (Wildman–Crippen LogP) is 7.41. The van der Waals surface area contributed by atoms with Crippen LogP contribution in [0.3, 0.4) is 0 Å². The maximum Gasteiger partial charge on any atom is 0.0751 e. The summed E-state index contributed by atoms with van der Waals surface area (Å²) in [6.07, 6.45) is 5.42. The van der Waals surface area contributed by atoms with E-state index >= 15 is 0 Å². The van der Waals surface area contributed by atoms with Crippen LogP contribution in [-0.2, 0) is 20.1 Å². The van der Waals surface area contributed by atoms with E-state index in [9.17, 15) is 0 Å². The zero-order valence-electron chi connectivity index (χ0n) is 19.3. The van der Waals surface area contributed by atoms with Crippen LogP contribution < -0.4 is 4.74 Å². The maximum absolute atomic E-state index is 5.13. The van der Waals surface area contributed by atoms with Crippen molar-refractivity contribution in [3.05, 3.63) is 134 Å². The van der Waals surface area contributed by atoms with Crippen LogP contribution in [-0.4, -0.2) is 17.1 Å². The average molecular weight is 633 g/mol. The van der Waals surface area contributed by atoms with Crippen LogP contribution in [0.1, 0.15) is 5.56 Å². The second-order valence-electron chi connectivity index (χ2n) is 7.39. The first-order chi connectivity index (χ1) is 16.8. The van der Waals surface area contributed by atoms with Gasteiger partial charge in [0.2, 0.25) is 0 Å². The third-order valence-corrected chi connectivity index (χ3v) is 5.17. The van der Waals surface area contributed by atoms with Crippen molar-refractivity contribution >= 4 is 6.08 Å². The molecule has 175 valence electrons. The van der Waals surface area contributed by atoms with E-state index < -0.39 is 0 Å². The molecular formula is C31H24IrN2O-2. The molecule has 3 aromatic carbocycles. The van der Waals surface area contributed by atoms with Crippen LogP contribution in [0, 0.1) is 12.1 Å². The Kier molecular flexibility index (Phi) is 9.68. The van der Waals surface area contributed by atoms with Gasteiger partial charge in [0.1, 0.15) is 0 Å². The molecule has 5 rings (SSSR count). The summed E-state index contributed by atoms with van der Waals surface area (Å²) < 4.78 is 5.13. The number of pyridine rings is 2. The Morgan fingerprint density at radius 2 is 1.31 bits per heavy atom. The van der Waals surface area contributed by atoms with Gasteiger partial charge in [0.15, 0.2) is 0 Å². The van der Waals surface area contributed by atoms with Gasteiger partial charge in [0.25, 0.3) is 0 Å². The molecule has 0 atom stereocenters. The van der Waals surface area contributed by atoms with Crippen molar-refractivity contribution in [2.45, 2.75) is 0 Å². The van der Waals surface area contributed by atoms with Gasteiger partial charge in [-0.2, -0.15) is 0 Å². The SMILES string of the molecule is C=Cc1ccc(-c2cc[c-]c(-c3ccccn3)c2)cc1.COc1cc[c-]c(-c2ccccn2)c1.[Ir]. The maximum atomic E-state index is 5.13. The number of ether oxygens (including phenoxy) is 1. The predicted molar refractivity (Wildman–Crippen MR) is 139 cm³/mol. The van der Waals surface area contributed by atoms with E-state index in [4.69, 9.17) is 4.74 Å². The van der Waals surface area contributed by atoms with E-state index in [1.54, 1.807) is 19.5 Å². The summed E-state index contributed by atoms with van der Waals surface area (Å²) in [6.45, 7) is 3.77. The molecule has 4 heteroatoms. The Balaban J connectivity index is 0.000000202. The molecule has 0 bridgehead atoms. The largest absolute Gasteiger partial charge is 0.516 e. The molecule has 35 heavy (non-hydrogen) atoms. The summed E-state index contributed by atoms with van der Waals surface area (Å²) >= 11 is 0. The zero-order chi connectivity index (χ0) is 23.6. The fourth-order valence-electron chi connectivity index (χ4n) is 3.37. The van der Waals surface area contributed by atoms with Crippen molar-refractivity contribution in [2.24, 2.45) is 0 Å². The normalized spacial score (nSPS) is 9.74. The second-order valence-corrected chi connectivity index (χ2v) is 7.39. The number of hydrogen-bond acceptors (Lipinski definition) is 3. The molecule has 2 aromatic heterocycles. The fraction of sp³-hybridized carbons (Fsp3) is 0.0323. The topological polar surface area (TPSA) is 35.0 Å².